The third-order valence-electron chi connectivity index (χ3n) is 2.83. The molecule has 2 aromatic rings. The van der Waals surface area contributed by atoms with Crippen LogP contribution in [0.1, 0.15) is 25.1 Å². The van der Waals surface area contributed by atoms with Crippen LogP contribution in [0.3, 0.4) is 0 Å². The smallest absolute Gasteiger partial charge is 0.323 e. The summed E-state index contributed by atoms with van der Waals surface area (Å²) in [5.41, 5.74) is 0. The number of carboxylic acids is 1. The maximum atomic E-state index is 11.0. The second-order valence-corrected chi connectivity index (χ2v) is 5.41. The highest BCUT2D eigenvalue weighted by atomic mass is 32.1. The van der Waals surface area contributed by atoms with Crippen LogP contribution in [0, 0.1) is 0 Å². The molecule has 0 radical (unpaired) electrons. The number of carbonyl (C=O) groups is 1. The third-order valence-corrected chi connectivity index (χ3v) is 4.01. The van der Waals surface area contributed by atoms with Crippen molar-refractivity contribution in [2.45, 2.75) is 26.7 Å². The van der Waals surface area contributed by atoms with Crippen molar-refractivity contribution in [2.75, 3.05) is 18.0 Å². The normalized spacial score (nSPS) is 10.8. The topological polar surface area (TPSA) is 66.3 Å². The molecule has 0 aliphatic heterocycles. The van der Waals surface area contributed by atoms with Crippen molar-refractivity contribution in [3.05, 3.63) is 17.3 Å². The zero-order valence-electron chi connectivity index (χ0n) is 11.1. The van der Waals surface area contributed by atoms with Crippen LogP contribution in [0.15, 0.2) is 12.4 Å². The molecule has 0 bridgehead atoms. The van der Waals surface area contributed by atoms with E-state index in [1.54, 1.807) is 16.2 Å². The summed E-state index contributed by atoms with van der Waals surface area (Å²) in [6, 6.07) is 2.07. The Morgan fingerprint density at radius 1 is 1.42 bits per heavy atom. The zero-order chi connectivity index (χ0) is 13.8. The van der Waals surface area contributed by atoms with Crippen LogP contribution in [0.5, 0.6) is 0 Å². The standard InChI is InChI=1S/C13H17N3O2S/c1-3-5-16(7-11(17)18)12-10-6-9(4-2)19-13(10)15-8-14-12/h6,8H,3-5,7H2,1-2H3,(H,17,18). The number of rotatable bonds is 6. The molecule has 0 saturated carbocycles. The second-order valence-electron chi connectivity index (χ2n) is 4.30. The highest BCUT2D eigenvalue weighted by Gasteiger charge is 2.16. The molecule has 5 nitrogen and oxygen atoms in total. The first-order valence-corrected chi connectivity index (χ1v) is 7.17. The Kier molecular flexibility index (Phi) is 4.31. The Bertz CT molecular complexity index is 582. The number of hydrogen-bond donors (Lipinski definition) is 1. The number of aromatic nitrogens is 2. The van der Waals surface area contributed by atoms with Crippen LogP contribution in [0.25, 0.3) is 10.2 Å². The predicted octanol–water partition coefficient (Wildman–Crippen LogP) is 2.55. The van der Waals surface area contributed by atoms with E-state index in [4.69, 9.17) is 5.11 Å². The van der Waals surface area contributed by atoms with Gasteiger partial charge in [-0.2, -0.15) is 0 Å². The first-order chi connectivity index (χ1) is 9.15. The van der Waals surface area contributed by atoms with Gasteiger partial charge in [0.1, 0.15) is 23.5 Å². The fourth-order valence-corrected chi connectivity index (χ4v) is 2.94. The first kappa shape index (κ1) is 13.7. The molecule has 0 unspecified atom stereocenters. The summed E-state index contributed by atoms with van der Waals surface area (Å²) in [5.74, 6) is -0.114. The zero-order valence-corrected chi connectivity index (χ0v) is 11.9. The van der Waals surface area contributed by atoms with E-state index in [1.807, 2.05) is 6.92 Å². The molecular formula is C13H17N3O2S. The molecule has 6 heteroatoms. The minimum atomic E-state index is -0.842. The summed E-state index contributed by atoms with van der Waals surface area (Å²) in [5, 5.41) is 9.97. The van der Waals surface area contributed by atoms with Crippen LogP contribution in [-0.4, -0.2) is 34.1 Å². The highest BCUT2D eigenvalue weighted by Crippen LogP contribution is 2.30. The molecule has 102 valence electrons. The molecule has 0 aliphatic rings. The van der Waals surface area contributed by atoms with Crippen molar-refractivity contribution in [1.29, 1.82) is 0 Å². The van der Waals surface area contributed by atoms with Gasteiger partial charge in [0.15, 0.2) is 0 Å². The Morgan fingerprint density at radius 2 is 2.21 bits per heavy atom. The molecule has 0 spiro atoms. The van der Waals surface area contributed by atoms with Crippen LogP contribution in [0.2, 0.25) is 0 Å². The molecule has 0 amide bonds. The quantitative estimate of drug-likeness (QED) is 0.880. The SMILES string of the molecule is CCCN(CC(=O)O)c1ncnc2sc(CC)cc12. The monoisotopic (exact) mass is 279 g/mol. The number of aliphatic carboxylic acids is 1. The first-order valence-electron chi connectivity index (χ1n) is 6.35. The van der Waals surface area contributed by atoms with Gasteiger partial charge in [-0.15, -0.1) is 11.3 Å². The number of aryl methyl sites for hydroxylation is 1. The maximum absolute atomic E-state index is 11.0. The van der Waals surface area contributed by atoms with Crippen molar-refractivity contribution in [3.8, 4) is 0 Å². The van der Waals surface area contributed by atoms with Crippen LogP contribution in [-0.2, 0) is 11.2 Å². The van der Waals surface area contributed by atoms with E-state index in [0.717, 1.165) is 28.9 Å². The molecule has 0 saturated heterocycles. The molecular weight excluding hydrogens is 262 g/mol. The molecule has 0 atom stereocenters. The van der Waals surface area contributed by atoms with Gasteiger partial charge >= 0.3 is 5.97 Å². The lowest BCUT2D eigenvalue weighted by Gasteiger charge is -2.21. The molecule has 2 aromatic heterocycles. The van der Waals surface area contributed by atoms with E-state index >= 15 is 0 Å². The Labute approximate surface area is 115 Å². The van der Waals surface area contributed by atoms with Crippen molar-refractivity contribution < 1.29 is 9.90 Å². The number of carboxylic acid groups (broad SMARTS) is 1. The van der Waals surface area contributed by atoms with Crippen LogP contribution < -0.4 is 4.90 Å². The Morgan fingerprint density at radius 3 is 2.84 bits per heavy atom. The lowest BCUT2D eigenvalue weighted by molar-refractivity contribution is -0.135. The van der Waals surface area contributed by atoms with E-state index in [0.29, 0.717) is 6.54 Å². The second kappa shape index (κ2) is 5.97. The number of thiophene rings is 1. The van der Waals surface area contributed by atoms with Gasteiger partial charge in [-0.05, 0) is 18.9 Å². The van der Waals surface area contributed by atoms with Gasteiger partial charge in [-0.1, -0.05) is 13.8 Å². The highest BCUT2D eigenvalue weighted by molar-refractivity contribution is 7.18. The van der Waals surface area contributed by atoms with Gasteiger partial charge in [-0.25, -0.2) is 9.97 Å². The maximum Gasteiger partial charge on any atom is 0.323 e. The van der Waals surface area contributed by atoms with Gasteiger partial charge in [0.25, 0.3) is 0 Å². The Balaban J connectivity index is 2.45. The van der Waals surface area contributed by atoms with Crippen molar-refractivity contribution in [3.63, 3.8) is 0 Å². The van der Waals surface area contributed by atoms with Crippen molar-refractivity contribution in [1.82, 2.24) is 9.97 Å². The molecule has 2 heterocycles. The van der Waals surface area contributed by atoms with Crippen molar-refractivity contribution >= 4 is 33.3 Å². The summed E-state index contributed by atoms with van der Waals surface area (Å²) < 4.78 is 0. The number of fused-ring (bicyclic) bond motifs is 1. The fourth-order valence-electron chi connectivity index (χ4n) is 2.01. The summed E-state index contributed by atoms with van der Waals surface area (Å²) in [6.07, 6.45) is 3.34. The van der Waals surface area contributed by atoms with Gasteiger partial charge in [0.2, 0.25) is 0 Å². The van der Waals surface area contributed by atoms with Gasteiger partial charge < -0.3 is 10.0 Å². The van der Waals surface area contributed by atoms with Crippen LogP contribution >= 0.6 is 11.3 Å². The number of anilines is 1. The molecule has 0 fully saturated rings. The van der Waals surface area contributed by atoms with Gasteiger partial charge in [-0.3, -0.25) is 4.79 Å². The molecule has 0 aromatic carbocycles. The van der Waals surface area contributed by atoms with E-state index in [1.165, 1.54) is 11.2 Å². The lowest BCUT2D eigenvalue weighted by atomic mass is 10.3. The number of nitrogens with zero attached hydrogens (tertiary/aromatic N) is 3. The summed E-state index contributed by atoms with van der Waals surface area (Å²) in [4.78, 5) is 23.5. The Hall–Kier alpha value is -1.69. The van der Waals surface area contributed by atoms with E-state index in [-0.39, 0.29) is 6.54 Å². The number of hydrogen-bond acceptors (Lipinski definition) is 5. The largest absolute Gasteiger partial charge is 0.480 e. The lowest BCUT2D eigenvalue weighted by Crippen LogP contribution is -2.31. The van der Waals surface area contributed by atoms with E-state index < -0.39 is 5.97 Å². The van der Waals surface area contributed by atoms with Gasteiger partial charge in [0, 0.05) is 11.4 Å². The molecule has 19 heavy (non-hydrogen) atoms. The summed E-state index contributed by atoms with van der Waals surface area (Å²) in [6.45, 7) is 4.77. The predicted molar refractivity (Wildman–Crippen MR) is 76.9 cm³/mol. The van der Waals surface area contributed by atoms with Crippen LogP contribution in [0.4, 0.5) is 5.82 Å². The molecule has 2 rings (SSSR count). The summed E-state index contributed by atoms with van der Waals surface area (Å²) in [7, 11) is 0. The average molecular weight is 279 g/mol. The average Bonchev–Trinajstić information content (AvgIpc) is 2.80. The minimum absolute atomic E-state index is 0.0305. The third kappa shape index (κ3) is 3.01. The van der Waals surface area contributed by atoms with Crippen molar-refractivity contribution in [2.24, 2.45) is 0 Å². The summed E-state index contributed by atoms with van der Waals surface area (Å²) >= 11 is 1.64. The fraction of sp³-hybridized carbons (Fsp3) is 0.462. The minimum Gasteiger partial charge on any atom is -0.480 e. The molecule has 0 aliphatic carbocycles. The molecule has 1 N–H and O–H groups in total. The van der Waals surface area contributed by atoms with E-state index in [9.17, 15) is 4.79 Å². The van der Waals surface area contributed by atoms with E-state index in [2.05, 4.69) is 23.0 Å². The van der Waals surface area contributed by atoms with Gasteiger partial charge in [0.05, 0.1) is 5.39 Å².